The van der Waals surface area contributed by atoms with Crippen molar-refractivity contribution in [2.24, 2.45) is 10.8 Å². The van der Waals surface area contributed by atoms with Crippen LogP contribution >= 0.6 is 0 Å². The zero-order chi connectivity index (χ0) is 25.5. The second-order valence-electron chi connectivity index (χ2n) is 6.74. The summed E-state index contributed by atoms with van der Waals surface area (Å²) in [6, 6.07) is 0. The number of carbonyl (C=O) groups excluding carboxylic acids is 6. The van der Waals surface area contributed by atoms with Gasteiger partial charge in [0.2, 0.25) is 0 Å². The van der Waals surface area contributed by atoms with Gasteiger partial charge in [0.05, 0.1) is 24.0 Å². The molecular weight excluding hydrogens is 428 g/mol. The maximum absolute atomic E-state index is 11.8. The first-order valence-electron chi connectivity index (χ1n) is 10.4. The van der Waals surface area contributed by atoms with E-state index in [1.165, 1.54) is 0 Å². The topological polar surface area (TPSA) is 121 Å². The van der Waals surface area contributed by atoms with Gasteiger partial charge in [0, 0.05) is 0 Å². The molecule has 0 fully saturated rings. The van der Waals surface area contributed by atoms with Gasteiger partial charge < -0.3 is 9.47 Å². The van der Waals surface area contributed by atoms with E-state index in [0.717, 1.165) is 25.7 Å². The molecule has 0 aromatic rings. The number of allylic oxidation sites excluding steroid dienone is 4. The maximum atomic E-state index is 11.8. The number of carbonyl (C=O) groups is 2. The van der Waals surface area contributed by atoms with Crippen LogP contribution in [0, 0.1) is 10.8 Å². The monoisotopic (exact) mass is 468 g/mol. The smallest absolute Gasteiger partial charge is 0.373 e. The SMILES string of the molecule is C.C=CCC(CC)(CC=C)C(=O)OCC.CCOC(=O)C1(CC)CC=CC1.O=C=O.O=C=O. The third kappa shape index (κ3) is 14.6. The molecule has 0 aliphatic heterocycles. The Hall–Kier alpha value is -3.08. The molecule has 0 spiro atoms. The predicted octanol–water partition coefficient (Wildman–Crippen LogP) is 4.86. The lowest BCUT2D eigenvalue weighted by atomic mass is 9.79. The van der Waals surface area contributed by atoms with Gasteiger partial charge in [0.15, 0.2) is 0 Å². The molecule has 0 amide bonds. The lowest BCUT2D eigenvalue weighted by Crippen LogP contribution is -2.31. The fraction of sp³-hybridized carbons (Fsp3) is 0.600. The molecule has 0 atom stereocenters. The van der Waals surface area contributed by atoms with Crippen LogP contribution in [0.4, 0.5) is 0 Å². The van der Waals surface area contributed by atoms with Crippen LogP contribution in [0.2, 0.25) is 0 Å². The van der Waals surface area contributed by atoms with Crippen molar-refractivity contribution in [3.05, 3.63) is 37.5 Å². The summed E-state index contributed by atoms with van der Waals surface area (Å²) in [5, 5.41) is 0. The Morgan fingerprint density at radius 1 is 0.909 bits per heavy atom. The Kier molecular flexibility index (Phi) is 26.6. The van der Waals surface area contributed by atoms with Gasteiger partial charge >= 0.3 is 24.2 Å². The highest BCUT2D eigenvalue weighted by molar-refractivity contribution is 5.78. The average Bonchev–Trinajstić information content (AvgIpc) is 3.26. The van der Waals surface area contributed by atoms with Crippen LogP contribution in [0.5, 0.6) is 0 Å². The van der Waals surface area contributed by atoms with Gasteiger partial charge in [-0.25, -0.2) is 0 Å². The second-order valence-corrected chi connectivity index (χ2v) is 6.74. The van der Waals surface area contributed by atoms with Crippen molar-refractivity contribution < 1.29 is 38.2 Å². The third-order valence-electron chi connectivity index (χ3n) is 5.02. The largest absolute Gasteiger partial charge is 0.466 e. The molecule has 0 unspecified atom stereocenters. The minimum absolute atomic E-state index is 0. The minimum atomic E-state index is -0.445. The fourth-order valence-electron chi connectivity index (χ4n) is 3.10. The molecule has 0 aromatic carbocycles. The molecule has 188 valence electrons. The highest BCUT2D eigenvalue weighted by Crippen LogP contribution is 2.37. The van der Waals surface area contributed by atoms with Crippen molar-refractivity contribution in [1.29, 1.82) is 0 Å². The number of ether oxygens (including phenoxy) is 2. The summed E-state index contributed by atoms with van der Waals surface area (Å²) in [6.07, 6.45) is 12.8. The molecule has 0 heterocycles. The van der Waals surface area contributed by atoms with Gasteiger partial charge in [0.1, 0.15) is 0 Å². The van der Waals surface area contributed by atoms with Crippen molar-refractivity contribution in [3.63, 3.8) is 0 Å². The molecule has 33 heavy (non-hydrogen) atoms. The summed E-state index contributed by atoms with van der Waals surface area (Å²) in [5.41, 5.74) is -0.671. The predicted molar refractivity (Wildman–Crippen MR) is 123 cm³/mol. The third-order valence-corrected chi connectivity index (χ3v) is 5.02. The lowest BCUT2D eigenvalue weighted by Gasteiger charge is -2.27. The lowest BCUT2D eigenvalue weighted by molar-refractivity contribution is -0.193. The van der Waals surface area contributed by atoms with E-state index >= 15 is 0 Å². The van der Waals surface area contributed by atoms with Gasteiger partial charge in [-0.1, -0.05) is 45.6 Å². The van der Waals surface area contributed by atoms with Crippen LogP contribution in [-0.2, 0) is 38.2 Å². The number of hydrogen-bond acceptors (Lipinski definition) is 8. The van der Waals surface area contributed by atoms with Gasteiger partial charge in [-0.2, -0.15) is 19.2 Å². The van der Waals surface area contributed by atoms with Gasteiger partial charge in [-0.15, -0.1) is 13.2 Å². The first kappa shape index (κ1) is 37.2. The highest BCUT2D eigenvalue weighted by Gasteiger charge is 2.38. The quantitative estimate of drug-likeness (QED) is 0.329. The summed E-state index contributed by atoms with van der Waals surface area (Å²) in [6.45, 7) is 16.0. The second kappa shape index (κ2) is 23.6. The standard InChI is InChI=1S/C12H20O2.C10H16O2.2CO2.CH4/c1-5-9-12(7-3,10-6-2)11(13)14-8-4;1-3-10(7-5-6-8-10)9(11)12-4-2;2*2-1-3;/h5-6H,1-2,7-10H2,3-4H3;5-6H,3-4,7-8H2,1-2H3;;;1H4. The van der Waals surface area contributed by atoms with Gasteiger partial charge in [-0.3, -0.25) is 9.59 Å². The van der Waals surface area contributed by atoms with E-state index < -0.39 is 5.41 Å². The Labute approximate surface area is 198 Å². The van der Waals surface area contributed by atoms with Crippen molar-refractivity contribution in [2.45, 2.75) is 73.6 Å². The summed E-state index contributed by atoms with van der Waals surface area (Å²) < 4.78 is 10.1. The van der Waals surface area contributed by atoms with Crippen molar-refractivity contribution >= 4 is 24.2 Å². The van der Waals surface area contributed by atoms with Crippen LogP contribution < -0.4 is 0 Å². The van der Waals surface area contributed by atoms with E-state index in [2.05, 4.69) is 25.3 Å². The number of rotatable bonds is 10. The van der Waals surface area contributed by atoms with E-state index in [4.69, 9.17) is 28.7 Å². The molecular formula is C25H40O8. The highest BCUT2D eigenvalue weighted by atomic mass is 16.5. The molecule has 0 bridgehead atoms. The van der Waals surface area contributed by atoms with Crippen LogP contribution in [0.1, 0.15) is 73.6 Å². The molecule has 1 rings (SSSR count). The molecule has 0 saturated carbocycles. The Bertz CT molecular complexity index is 621. The van der Waals surface area contributed by atoms with E-state index in [0.29, 0.717) is 26.1 Å². The molecule has 8 heteroatoms. The normalized spacial score (nSPS) is 12.1. The van der Waals surface area contributed by atoms with Crippen molar-refractivity contribution in [2.75, 3.05) is 13.2 Å². The molecule has 1 aliphatic carbocycles. The number of esters is 2. The molecule has 0 radical (unpaired) electrons. The van der Waals surface area contributed by atoms with Crippen LogP contribution in [0.15, 0.2) is 37.5 Å². The van der Waals surface area contributed by atoms with Gasteiger partial charge in [-0.05, 0) is 52.4 Å². The van der Waals surface area contributed by atoms with E-state index in [1.54, 1.807) is 12.2 Å². The van der Waals surface area contributed by atoms with Crippen molar-refractivity contribution in [1.82, 2.24) is 0 Å². The van der Waals surface area contributed by atoms with Crippen LogP contribution in [0.3, 0.4) is 0 Å². The van der Waals surface area contributed by atoms with E-state index in [9.17, 15) is 9.59 Å². The molecule has 0 N–H and O–H groups in total. The zero-order valence-electron chi connectivity index (χ0n) is 19.6. The van der Waals surface area contributed by atoms with Crippen molar-refractivity contribution in [3.8, 4) is 0 Å². The molecule has 8 nitrogen and oxygen atoms in total. The molecule has 1 aliphatic rings. The zero-order valence-corrected chi connectivity index (χ0v) is 19.6. The summed E-state index contributed by atoms with van der Waals surface area (Å²) in [5.74, 6) is -0.167. The molecule has 0 aromatic heterocycles. The average molecular weight is 469 g/mol. The summed E-state index contributed by atoms with van der Waals surface area (Å²) in [4.78, 5) is 55.8. The van der Waals surface area contributed by atoms with E-state index in [-0.39, 0.29) is 37.1 Å². The van der Waals surface area contributed by atoms with Gasteiger partial charge in [0.25, 0.3) is 0 Å². The Morgan fingerprint density at radius 3 is 1.58 bits per heavy atom. The molecule has 0 saturated heterocycles. The fourth-order valence-corrected chi connectivity index (χ4v) is 3.10. The minimum Gasteiger partial charge on any atom is -0.466 e. The van der Waals surface area contributed by atoms with E-state index in [1.807, 2.05) is 27.7 Å². The Balaban J connectivity index is -0.000000201. The summed E-state index contributed by atoms with van der Waals surface area (Å²) in [7, 11) is 0. The van der Waals surface area contributed by atoms with Crippen LogP contribution in [0.25, 0.3) is 0 Å². The first-order chi connectivity index (χ1) is 15.2. The Morgan fingerprint density at radius 2 is 1.30 bits per heavy atom. The summed E-state index contributed by atoms with van der Waals surface area (Å²) >= 11 is 0. The number of hydrogen-bond donors (Lipinski definition) is 0. The maximum Gasteiger partial charge on any atom is 0.373 e. The first-order valence-corrected chi connectivity index (χ1v) is 10.4. The van der Waals surface area contributed by atoms with Crippen LogP contribution in [-0.4, -0.2) is 37.5 Å².